The lowest BCUT2D eigenvalue weighted by atomic mass is 9.94. The largest absolute Gasteiger partial charge is 0.309 e. The van der Waals surface area contributed by atoms with E-state index in [9.17, 15) is 9.59 Å². The monoisotopic (exact) mass is 688 g/mol. The summed E-state index contributed by atoms with van der Waals surface area (Å²) in [5.74, 6) is 1.30. The summed E-state index contributed by atoms with van der Waals surface area (Å²) in [4.78, 5) is 29.5. The lowest BCUT2D eigenvalue weighted by molar-refractivity contribution is 0.830. The summed E-state index contributed by atoms with van der Waals surface area (Å²) in [5.41, 5.74) is 12.5. The van der Waals surface area contributed by atoms with E-state index in [2.05, 4.69) is 139 Å². The van der Waals surface area contributed by atoms with Crippen molar-refractivity contribution in [2.24, 2.45) is 0 Å². The van der Waals surface area contributed by atoms with E-state index in [0.29, 0.717) is 45.2 Å². The molecule has 0 aliphatic carbocycles. The molecule has 0 radical (unpaired) electrons. The highest BCUT2D eigenvalue weighted by molar-refractivity contribution is 6.05. The molecule has 266 valence electrons. The lowest BCUT2D eigenvalue weighted by Gasteiger charge is -2.22. The van der Waals surface area contributed by atoms with Crippen molar-refractivity contribution in [3.05, 3.63) is 139 Å². The van der Waals surface area contributed by atoms with Crippen LogP contribution >= 0.6 is 0 Å². The van der Waals surface area contributed by atoms with E-state index in [1.165, 1.54) is 22.3 Å². The van der Waals surface area contributed by atoms with Crippen molar-refractivity contribution in [2.45, 2.75) is 106 Å². The average Bonchev–Trinajstić information content (AvgIpc) is 3.13. The minimum Gasteiger partial charge on any atom is -0.309 e. The highest BCUT2D eigenvalue weighted by Crippen LogP contribution is 2.35. The van der Waals surface area contributed by atoms with E-state index in [1.54, 1.807) is 0 Å². The zero-order valence-corrected chi connectivity index (χ0v) is 32.5. The molecule has 7 rings (SSSR count). The van der Waals surface area contributed by atoms with E-state index in [4.69, 9.17) is 0 Å². The van der Waals surface area contributed by atoms with Crippen molar-refractivity contribution in [2.75, 3.05) is 0 Å². The Bertz CT molecular complexity index is 2410. The predicted octanol–water partition coefficient (Wildman–Crippen LogP) is 12.2. The van der Waals surface area contributed by atoms with Crippen LogP contribution < -0.4 is 10.9 Å². The van der Waals surface area contributed by atoms with Crippen molar-refractivity contribution in [1.29, 1.82) is 0 Å². The van der Waals surface area contributed by atoms with Crippen molar-refractivity contribution in [3.63, 3.8) is 0 Å². The molecule has 4 nitrogen and oxygen atoms in total. The van der Waals surface area contributed by atoms with Crippen LogP contribution in [0.5, 0.6) is 0 Å². The molecule has 0 atom stereocenters. The second kappa shape index (κ2) is 13.5. The molecule has 2 heterocycles. The van der Waals surface area contributed by atoms with E-state index in [-0.39, 0.29) is 10.9 Å². The fraction of sp³-hybridized carbons (Fsp3) is 0.333. The van der Waals surface area contributed by atoms with Crippen molar-refractivity contribution in [1.82, 2.24) is 9.13 Å². The molecule has 0 bridgehead atoms. The highest BCUT2D eigenvalue weighted by atomic mass is 16.1. The second-order valence-corrected chi connectivity index (χ2v) is 16.0. The Balaban J connectivity index is 1.73. The maximum atomic E-state index is 14.7. The van der Waals surface area contributed by atoms with Crippen LogP contribution in [0.2, 0.25) is 0 Å². The molecule has 0 aliphatic rings. The third-order valence-corrected chi connectivity index (χ3v) is 11.1. The highest BCUT2D eigenvalue weighted by Gasteiger charge is 2.21. The van der Waals surface area contributed by atoms with Gasteiger partial charge in [-0.15, -0.1) is 0 Å². The Kier molecular flexibility index (Phi) is 9.23. The molecule has 7 aromatic rings. The lowest BCUT2D eigenvalue weighted by Crippen LogP contribution is -2.15. The van der Waals surface area contributed by atoms with Gasteiger partial charge in [0.1, 0.15) is 0 Å². The second-order valence-electron chi connectivity index (χ2n) is 16.0. The van der Waals surface area contributed by atoms with E-state index in [0.717, 1.165) is 57.4 Å². The predicted molar refractivity (Wildman–Crippen MR) is 223 cm³/mol. The van der Waals surface area contributed by atoms with Gasteiger partial charge in [0.2, 0.25) is 0 Å². The first-order valence-electron chi connectivity index (χ1n) is 19.2. The normalized spacial score (nSPS) is 12.3. The third-order valence-electron chi connectivity index (χ3n) is 11.1. The van der Waals surface area contributed by atoms with Crippen molar-refractivity contribution >= 4 is 43.6 Å². The van der Waals surface area contributed by atoms with E-state index in [1.807, 2.05) is 24.3 Å². The minimum absolute atomic E-state index is 0.0184. The van der Waals surface area contributed by atoms with Gasteiger partial charge >= 0.3 is 0 Å². The first-order valence-corrected chi connectivity index (χ1v) is 19.2. The smallest absolute Gasteiger partial charge is 0.197 e. The van der Waals surface area contributed by atoms with Gasteiger partial charge in [-0.3, -0.25) is 9.59 Å². The van der Waals surface area contributed by atoms with Gasteiger partial charge in [0.25, 0.3) is 0 Å². The summed E-state index contributed by atoms with van der Waals surface area (Å²) < 4.78 is 4.49. The zero-order chi connectivity index (χ0) is 37.2. The Morgan fingerprint density at radius 3 is 1.00 bits per heavy atom. The number of rotatable bonds is 8. The number of pyridine rings is 2. The summed E-state index contributed by atoms with van der Waals surface area (Å²) in [7, 11) is 0. The van der Waals surface area contributed by atoms with Crippen LogP contribution in [-0.2, 0) is 12.8 Å². The fourth-order valence-corrected chi connectivity index (χ4v) is 7.67. The fourth-order valence-electron chi connectivity index (χ4n) is 7.67. The molecule has 2 aromatic heterocycles. The standard InChI is InChI=1S/C48H52N2O2/c1-11-31-13-15-39-43(17-31)49(37-21-33(27(3)4)19-34(22-37)28(5)6)45-25-42-46(26-41(45)47(39)51)50(44-18-32(12-2)14-16-40(44)48(42)52)38-23-35(29(7)8)20-36(24-38)30(9)10/h13-30H,11-12H2,1-10H3. The quantitative estimate of drug-likeness (QED) is 0.149. The Morgan fingerprint density at radius 2 is 0.712 bits per heavy atom. The Morgan fingerprint density at radius 1 is 0.404 bits per heavy atom. The van der Waals surface area contributed by atoms with Crippen LogP contribution in [0.15, 0.2) is 94.5 Å². The molecule has 4 heteroatoms. The topological polar surface area (TPSA) is 44.0 Å². The summed E-state index contributed by atoms with van der Waals surface area (Å²) >= 11 is 0. The van der Waals surface area contributed by atoms with Gasteiger partial charge in [0.05, 0.1) is 22.1 Å². The average molecular weight is 689 g/mol. The molecular formula is C48H52N2O2. The number of benzene rings is 5. The van der Waals surface area contributed by atoms with Gasteiger partial charge in [-0.1, -0.05) is 93.5 Å². The zero-order valence-electron chi connectivity index (χ0n) is 32.5. The molecule has 0 amide bonds. The SMILES string of the molecule is CCc1ccc2c(=O)c3cc4c(cc3n(-c3cc(C(C)C)cc(C(C)C)c3)c2c1)c(=O)c1ccc(CC)cc1n4-c1cc(C(C)C)cc(C(C)C)c1. The molecule has 0 saturated heterocycles. The van der Waals surface area contributed by atoms with Gasteiger partial charge in [-0.2, -0.15) is 0 Å². The van der Waals surface area contributed by atoms with Crippen LogP contribution in [0, 0.1) is 0 Å². The number of hydrogen-bond acceptors (Lipinski definition) is 2. The molecule has 0 N–H and O–H groups in total. The molecule has 5 aromatic carbocycles. The summed E-state index contributed by atoms with van der Waals surface area (Å²) in [6.45, 7) is 22.1. The van der Waals surface area contributed by atoms with Crippen LogP contribution in [0.4, 0.5) is 0 Å². The maximum absolute atomic E-state index is 14.7. The van der Waals surface area contributed by atoms with Crippen molar-refractivity contribution < 1.29 is 0 Å². The van der Waals surface area contributed by atoms with E-state index >= 15 is 0 Å². The first kappa shape index (κ1) is 35.4. The summed E-state index contributed by atoms with van der Waals surface area (Å²) in [5, 5.41) is 2.57. The molecular weight excluding hydrogens is 637 g/mol. The minimum atomic E-state index is -0.0184. The Hall–Kier alpha value is -4.96. The van der Waals surface area contributed by atoms with Gasteiger partial charge in [0, 0.05) is 32.9 Å². The van der Waals surface area contributed by atoms with Gasteiger partial charge in [-0.05, 0) is 131 Å². The maximum Gasteiger partial charge on any atom is 0.197 e. The van der Waals surface area contributed by atoms with Crippen LogP contribution in [-0.4, -0.2) is 9.13 Å². The number of hydrogen-bond donors (Lipinski definition) is 0. The summed E-state index contributed by atoms with van der Waals surface area (Å²) in [6.07, 6.45) is 1.71. The van der Waals surface area contributed by atoms with Gasteiger partial charge < -0.3 is 9.13 Å². The van der Waals surface area contributed by atoms with Crippen molar-refractivity contribution in [3.8, 4) is 11.4 Å². The number of aryl methyl sites for hydroxylation is 2. The third kappa shape index (κ3) is 5.96. The van der Waals surface area contributed by atoms with Gasteiger partial charge in [0.15, 0.2) is 10.9 Å². The van der Waals surface area contributed by atoms with Crippen LogP contribution in [0.25, 0.3) is 55.0 Å². The van der Waals surface area contributed by atoms with E-state index < -0.39 is 0 Å². The molecule has 52 heavy (non-hydrogen) atoms. The molecule has 0 saturated carbocycles. The number of fused-ring (bicyclic) bond motifs is 4. The molecule has 0 spiro atoms. The number of aromatic nitrogens is 2. The van der Waals surface area contributed by atoms with Gasteiger partial charge in [-0.25, -0.2) is 0 Å². The summed E-state index contributed by atoms with van der Waals surface area (Å²) in [6, 6.07) is 30.1. The molecule has 0 aliphatic heterocycles. The Labute approximate surface area is 307 Å². The van der Waals surface area contributed by atoms with Crippen LogP contribution in [0.1, 0.15) is 126 Å². The molecule has 0 unspecified atom stereocenters. The van der Waals surface area contributed by atoms with Crippen LogP contribution in [0.3, 0.4) is 0 Å². The first-order chi connectivity index (χ1) is 24.8. The molecule has 0 fully saturated rings. The number of nitrogens with zero attached hydrogens (tertiary/aromatic N) is 2.